The Hall–Kier alpha value is -0.340. The van der Waals surface area contributed by atoms with E-state index in [9.17, 15) is 0 Å². The molecule has 3 heterocycles. The molecule has 0 fully saturated rings. The zero-order chi connectivity index (χ0) is 12.2. The monoisotopic (exact) mass is 392 g/mol. The van der Waals surface area contributed by atoms with E-state index < -0.39 is 0 Å². The smallest absolute Gasteiger partial charge is 0.191 e. The van der Waals surface area contributed by atoms with Gasteiger partial charge in [0, 0.05) is 44.1 Å². The predicted molar refractivity (Wildman–Crippen MR) is 91.6 cm³/mol. The Kier molecular flexibility index (Phi) is 5.90. The maximum absolute atomic E-state index is 4.42. The second-order valence-corrected chi connectivity index (χ2v) is 5.83. The molecule has 0 saturated heterocycles. The third-order valence-electron chi connectivity index (χ3n) is 3.50. The molecule has 6 heteroatoms. The van der Waals surface area contributed by atoms with Crippen molar-refractivity contribution in [2.24, 2.45) is 4.99 Å². The van der Waals surface area contributed by atoms with Crippen LogP contribution >= 0.6 is 35.3 Å². The lowest BCUT2D eigenvalue weighted by atomic mass is 10.1. The zero-order valence-electron chi connectivity index (χ0n) is 11.0. The van der Waals surface area contributed by atoms with Crippen LogP contribution in [0, 0.1) is 0 Å². The second-order valence-electron chi connectivity index (χ2n) is 4.83. The molecule has 2 aliphatic heterocycles. The van der Waals surface area contributed by atoms with E-state index in [0.29, 0.717) is 0 Å². The fourth-order valence-electron chi connectivity index (χ4n) is 2.48. The Balaban J connectivity index is 0.00000133. The first-order valence-electron chi connectivity index (χ1n) is 6.71. The lowest BCUT2D eigenvalue weighted by Gasteiger charge is -2.27. The van der Waals surface area contributed by atoms with Gasteiger partial charge in [-0.25, -0.2) is 0 Å². The molecule has 0 bridgehead atoms. The Morgan fingerprint density at radius 3 is 3.26 bits per heavy atom. The van der Waals surface area contributed by atoms with Crippen LogP contribution in [0.1, 0.15) is 16.9 Å². The van der Waals surface area contributed by atoms with Crippen LogP contribution < -0.4 is 10.6 Å². The van der Waals surface area contributed by atoms with E-state index in [1.165, 1.54) is 18.5 Å². The lowest BCUT2D eigenvalue weighted by Crippen LogP contribution is -2.44. The summed E-state index contributed by atoms with van der Waals surface area (Å²) >= 11 is 1.90. The van der Waals surface area contributed by atoms with Crippen molar-refractivity contribution in [1.82, 2.24) is 15.5 Å². The number of rotatable bonds is 3. The maximum atomic E-state index is 4.42. The van der Waals surface area contributed by atoms with Crippen molar-refractivity contribution in [2.75, 3.05) is 32.7 Å². The predicted octanol–water partition coefficient (Wildman–Crippen LogP) is 1.66. The summed E-state index contributed by atoms with van der Waals surface area (Å²) in [6.07, 6.45) is 2.37. The molecule has 0 amide bonds. The van der Waals surface area contributed by atoms with Gasteiger partial charge in [0.25, 0.3) is 0 Å². The third kappa shape index (κ3) is 4.06. The number of aliphatic imine (C=N–C) groups is 1. The van der Waals surface area contributed by atoms with Crippen molar-refractivity contribution in [3.05, 3.63) is 21.9 Å². The van der Waals surface area contributed by atoms with E-state index in [0.717, 1.165) is 45.1 Å². The highest BCUT2D eigenvalue weighted by molar-refractivity contribution is 14.0. The summed E-state index contributed by atoms with van der Waals surface area (Å²) in [5, 5.41) is 8.89. The van der Waals surface area contributed by atoms with Crippen LogP contribution in [0.3, 0.4) is 0 Å². The minimum absolute atomic E-state index is 0. The quantitative estimate of drug-likeness (QED) is 0.769. The van der Waals surface area contributed by atoms with Crippen LogP contribution in [0.2, 0.25) is 0 Å². The van der Waals surface area contributed by atoms with E-state index in [1.54, 1.807) is 4.88 Å². The maximum Gasteiger partial charge on any atom is 0.191 e. The van der Waals surface area contributed by atoms with Gasteiger partial charge < -0.3 is 10.6 Å². The largest absolute Gasteiger partial charge is 0.356 e. The summed E-state index contributed by atoms with van der Waals surface area (Å²) in [6, 6.07) is 2.27. The number of fused-ring (bicyclic) bond motifs is 1. The number of thiophene rings is 1. The van der Waals surface area contributed by atoms with E-state index >= 15 is 0 Å². The van der Waals surface area contributed by atoms with Crippen LogP contribution in [0.25, 0.3) is 0 Å². The van der Waals surface area contributed by atoms with Gasteiger partial charge >= 0.3 is 0 Å². The van der Waals surface area contributed by atoms with Crippen molar-refractivity contribution in [1.29, 1.82) is 0 Å². The molecule has 1 aromatic heterocycles. The highest BCUT2D eigenvalue weighted by Gasteiger charge is 2.16. The van der Waals surface area contributed by atoms with E-state index in [-0.39, 0.29) is 24.0 Å². The minimum Gasteiger partial charge on any atom is -0.356 e. The number of halogens is 1. The molecular weight excluding hydrogens is 371 g/mol. The summed E-state index contributed by atoms with van der Waals surface area (Å²) < 4.78 is 0. The van der Waals surface area contributed by atoms with Gasteiger partial charge in [-0.3, -0.25) is 9.89 Å². The number of hydrogen-bond donors (Lipinski definition) is 2. The molecule has 4 nitrogen and oxygen atoms in total. The van der Waals surface area contributed by atoms with E-state index in [1.807, 2.05) is 11.3 Å². The number of nitrogens with zero attached hydrogens (tertiary/aromatic N) is 2. The van der Waals surface area contributed by atoms with Gasteiger partial charge in [-0.2, -0.15) is 0 Å². The van der Waals surface area contributed by atoms with Crippen molar-refractivity contribution >= 4 is 41.3 Å². The van der Waals surface area contributed by atoms with Crippen LogP contribution in [0.5, 0.6) is 0 Å². The van der Waals surface area contributed by atoms with Crippen molar-refractivity contribution in [2.45, 2.75) is 19.4 Å². The van der Waals surface area contributed by atoms with Gasteiger partial charge in [0.1, 0.15) is 0 Å². The van der Waals surface area contributed by atoms with Crippen LogP contribution in [-0.4, -0.2) is 43.6 Å². The molecular formula is C13H21IN4S. The van der Waals surface area contributed by atoms with Gasteiger partial charge in [-0.1, -0.05) is 0 Å². The Labute approximate surface area is 135 Å². The number of guanidine groups is 1. The van der Waals surface area contributed by atoms with E-state index in [4.69, 9.17) is 0 Å². The average Bonchev–Trinajstić information content (AvgIpc) is 2.87. The van der Waals surface area contributed by atoms with Crippen LogP contribution in [0.15, 0.2) is 16.4 Å². The molecule has 0 aromatic carbocycles. The standard InChI is InChI=1S/C13H20N4S.HI/c1-4-14-13(15-5-1)16-6-8-17-7-2-12-11(10-17)3-9-18-12;/h3,9H,1-2,4-8,10H2,(H2,14,15,16);1H. The molecule has 1 aromatic rings. The minimum atomic E-state index is 0. The molecule has 2 N–H and O–H groups in total. The molecule has 0 aliphatic carbocycles. The molecule has 0 unspecified atom stereocenters. The molecule has 2 aliphatic rings. The zero-order valence-corrected chi connectivity index (χ0v) is 14.2. The van der Waals surface area contributed by atoms with Crippen molar-refractivity contribution in [3.63, 3.8) is 0 Å². The summed E-state index contributed by atoms with van der Waals surface area (Å²) in [5.74, 6) is 0.981. The van der Waals surface area contributed by atoms with Gasteiger partial charge in [0.15, 0.2) is 5.96 Å². The highest BCUT2D eigenvalue weighted by atomic mass is 127. The molecule has 19 heavy (non-hydrogen) atoms. The normalized spacial score (nSPS) is 18.8. The molecule has 0 saturated carbocycles. The number of hydrogen-bond acceptors (Lipinski definition) is 5. The number of nitrogens with one attached hydrogen (secondary N) is 2. The van der Waals surface area contributed by atoms with Gasteiger partial charge in [0.2, 0.25) is 0 Å². The summed E-state index contributed by atoms with van der Waals surface area (Å²) in [5.41, 5.74) is 1.53. The van der Waals surface area contributed by atoms with Gasteiger partial charge in [-0.15, -0.1) is 35.3 Å². The summed E-state index contributed by atoms with van der Waals surface area (Å²) in [6.45, 7) is 6.38. The summed E-state index contributed by atoms with van der Waals surface area (Å²) in [7, 11) is 0. The second kappa shape index (κ2) is 7.44. The topological polar surface area (TPSA) is 39.7 Å². The van der Waals surface area contributed by atoms with Crippen molar-refractivity contribution < 1.29 is 0 Å². The highest BCUT2D eigenvalue weighted by Crippen LogP contribution is 2.23. The fraction of sp³-hybridized carbons (Fsp3) is 0.615. The Bertz CT molecular complexity index is 432. The molecule has 0 atom stereocenters. The van der Waals surface area contributed by atoms with Gasteiger partial charge in [0.05, 0.1) is 0 Å². The SMILES string of the molecule is I.c1cc2c(s1)CCN(CCNC1=NCCCN1)C2. The molecule has 0 radical (unpaired) electrons. The third-order valence-corrected chi connectivity index (χ3v) is 4.53. The van der Waals surface area contributed by atoms with Crippen LogP contribution in [0.4, 0.5) is 0 Å². The molecule has 0 spiro atoms. The first kappa shape index (κ1) is 15.1. The fourth-order valence-corrected chi connectivity index (χ4v) is 3.37. The Morgan fingerprint density at radius 2 is 2.42 bits per heavy atom. The average molecular weight is 392 g/mol. The first-order valence-corrected chi connectivity index (χ1v) is 7.59. The van der Waals surface area contributed by atoms with Crippen LogP contribution in [-0.2, 0) is 13.0 Å². The lowest BCUT2D eigenvalue weighted by molar-refractivity contribution is 0.260. The molecule has 106 valence electrons. The van der Waals surface area contributed by atoms with E-state index in [2.05, 4.69) is 32.0 Å². The van der Waals surface area contributed by atoms with Gasteiger partial charge in [-0.05, 0) is 29.9 Å². The molecule has 3 rings (SSSR count). The first-order chi connectivity index (χ1) is 8.92. The summed E-state index contributed by atoms with van der Waals surface area (Å²) in [4.78, 5) is 8.52. The Morgan fingerprint density at radius 1 is 1.47 bits per heavy atom. The van der Waals surface area contributed by atoms with Crippen molar-refractivity contribution in [3.8, 4) is 0 Å².